The number of carbonyl (C=O) groups excluding carboxylic acids is 3. The van der Waals surface area contributed by atoms with Crippen molar-refractivity contribution in [2.75, 3.05) is 13.7 Å². The lowest BCUT2D eigenvalue weighted by Crippen LogP contribution is -2.45. The second-order valence-corrected chi connectivity index (χ2v) is 11.4. The standard InChI is InChI=1S/C33H36N4O7/c1-33(2,3)44-30(38)17-13-24-12-16-28(41-4)29(20-24)43-26-14-10-23(11-15-26)19-27(35-36-34)31(39)37-25(21-42-32(37)40)18-22-8-6-5-7-9-22/h5-12,14-16,20,25,27H,13,17-19,21H2,1-4H3/t25-,27-/m0/s1. The van der Waals surface area contributed by atoms with Crippen LogP contribution in [0.1, 0.15) is 43.9 Å². The van der Waals surface area contributed by atoms with Crippen LogP contribution in [0.4, 0.5) is 4.79 Å². The fourth-order valence-electron chi connectivity index (χ4n) is 4.81. The maximum atomic E-state index is 13.4. The van der Waals surface area contributed by atoms with E-state index in [4.69, 9.17) is 18.9 Å². The third-order valence-corrected chi connectivity index (χ3v) is 6.83. The highest BCUT2D eigenvalue weighted by Gasteiger charge is 2.40. The highest BCUT2D eigenvalue weighted by Crippen LogP contribution is 2.33. The molecule has 1 heterocycles. The Balaban J connectivity index is 1.42. The molecule has 3 aromatic rings. The zero-order chi connectivity index (χ0) is 31.7. The molecule has 0 aliphatic carbocycles. The molecular weight excluding hydrogens is 564 g/mol. The smallest absolute Gasteiger partial charge is 0.416 e. The van der Waals surface area contributed by atoms with Crippen LogP contribution in [0.5, 0.6) is 17.2 Å². The first-order valence-corrected chi connectivity index (χ1v) is 14.3. The molecule has 44 heavy (non-hydrogen) atoms. The van der Waals surface area contributed by atoms with Gasteiger partial charge in [-0.05, 0) is 86.5 Å². The van der Waals surface area contributed by atoms with Crippen molar-refractivity contribution in [1.29, 1.82) is 0 Å². The summed E-state index contributed by atoms with van der Waals surface area (Å²) in [6.45, 7) is 5.56. The predicted octanol–water partition coefficient (Wildman–Crippen LogP) is 6.57. The Morgan fingerprint density at radius 1 is 1.02 bits per heavy atom. The fraction of sp³-hybridized carbons (Fsp3) is 0.364. The summed E-state index contributed by atoms with van der Waals surface area (Å²) in [5.41, 5.74) is 11.2. The summed E-state index contributed by atoms with van der Waals surface area (Å²) in [4.78, 5) is 42.0. The van der Waals surface area contributed by atoms with E-state index in [-0.39, 0.29) is 25.4 Å². The number of hydrogen-bond acceptors (Lipinski definition) is 8. The lowest BCUT2D eigenvalue weighted by molar-refractivity contribution is -0.154. The second-order valence-electron chi connectivity index (χ2n) is 11.4. The topological polar surface area (TPSA) is 140 Å². The van der Waals surface area contributed by atoms with E-state index in [1.807, 2.05) is 63.2 Å². The molecule has 0 unspecified atom stereocenters. The number of carbonyl (C=O) groups is 3. The van der Waals surface area contributed by atoms with E-state index >= 15 is 0 Å². The van der Waals surface area contributed by atoms with E-state index < -0.39 is 29.7 Å². The molecule has 230 valence electrons. The Hall–Kier alpha value is -5.02. The third-order valence-electron chi connectivity index (χ3n) is 6.83. The molecule has 1 aliphatic rings. The Labute approximate surface area is 256 Å². The molecule has 0 spiro atoms. The summed E-state index contributed by atoms with van der Waals surface area (Å²) < 4.78 is 22.1. The number of ether oxygens (including phenoxy) is 4. The molecule has 1 saturated heterocycles. The average molecular weight is 601 g/mol. The Morgan fingerprint density at radius 2 is 1.73 bits per heavy atom. The maximum Gasteiger partial charge on any atom is 0.416 e. The van der Waals surface area contributed by atoms with Gasteiger partial charge in [-0.3, -0.25) is 9.59 Å². The second kappa shape index (κ2) is 14.4. The number of aryl methyl sites for hydroxylation is 1. The van der Waals surface area contributed by atoms with Crippen LogP contribution in [0.2, 0.25) is 0 Å². The molecule has 11 nitrogen and oxygen atoms in total. The van der Waals surface area contributed by atoms with Crippen molar-refractivity contribution in [2.45, 2.75) is 64.1 Å². The third kappa shape index (κ3) is 8.75. The van der Waals surface area contributed by atoms with Gasteiger partial charge in [-0.1, -0.05) is 53.6 Å². The summed E-state index contributed by atoms with van der Waals surface area (Å²) in [5.74, 6) is 0.610. The summed E-state index contributed by atoms with van der Waals surface area (Å²) >= 11 is 0. The van der Waals surface area contributed by atoms with Crippen LogP contribution < -0.4 is 9.47 Å². The van der Waals surface area contributed by atoms with E-state index in [9.17, 15) is 19.9 Å². The SMILES string of the molecule is COc1ccc(CCC(=O)OC(C)(C)C)cc1Oc1ccc(C[C@H](N=[N+]=[N-])C(=O)N2C(=O)OC[C@@H]2Cc2ccccc2)cc1. The fourth-order valence-corrected chi connectivity index (χ4v) is 4.81. The Kier molecular flexibility index (Phi) is 10.5. The highest BCUT2D eigenvalue weighted by molar-refractivity contribution is 5.96. The first-order chi connectivity index (χ1) is 21.1. The number of hydrogen-bond donors (Lipinski definition) is 0. The van der Waals surface area contributed by atoms with Gasteiger partial charge in [0, 0.05) is 11.3 Å². The molecule has 0 saturated carbocycles. The summed E-state index contributed by atoms with van der Waals surface area (Å²) in [6, 6.07) is 20.3. The Morgan fingerprint density at radius 3 is 2.39 bits per heavy atom. The number of cyclic esters (lactones) is 1. The molecule has 2 amide bonds. The monoisotopic (exact) mass is 600 g/mol. The normalized spacial score (nSPS) is 15.1. The lowest BCUT2D eigenvalue weighted by atomic mass is 10.0. The zero-order valence-corrected chi connectivity index (χ0v) is 25.3. The van der Waals surface area contributed by atoms with E-state index in [1.54, 1.807) is 37.4 Å². The minimum absolute atomic E-state index is 0.0696. The predicted molar refractivity (Wildman–Crippen MR) is 162 cm³/mol. The van der Waals surface area contributed by atoms with Gasteiger partial charge in [0.25, 0.3) is 0 Å². The van der Waals surface area contributed by atoms with Gasteiger partial charge in [0.15, 0.2) is 11.5 Å². The van der Waals surface area contributed by atoms with Crippen LogP contribution in [-0.4, -0.2) is 54.3 Å². The minimum Gasteiger partial charge on any atom is -0.493 e. The summed E-state index contributed by atoms with van der Waals surface area (Å²) in [6.07, 6.45) is 0.457. The number of benzene rings is 3. The van der Waals surface area contributed by atoms with Gasteiger partial charge in [0.1, 0.15) is 24.0 Å². The van der Waals surface area contributed by atoms with Crippen LogP contribution in [0.25, 0.3) is 10.4 Å². The number of azide groups is 1. The van der Waals surface area contributed by atoms with Crippen molar-refractivity contribution in [3.05, 3.63) is 99.9 Å². The number of methoxy groups -OCH3 is 1. The van der Waals surface area contributed by atoms with Crippen molar-refractivity contribution in [2.24, 2.45) is 5.11 Å². The summed E-state index contributed by atoms with van der Waals surface area (Å²) in [5, 5.41) is 3.71. The highest BCUT2D eigenvalue weighted by atomic mass is 16.6. The van der Waals surface area contributed by atoms with Crippen LogP contribution in [0, 0.1) is 0 Å². The molecule has 1 fully saturated rings. The molecule has 2 atom stereocenters. The average Bonchev–Trinajstić information content (AvgIpc) is 3.35. The number of rotatable bonds is 12. The first kappa shape index (κ1) is 31.9. The van der Waals surface area contributed by atoms with Crippen LogP contribution >= 0.6 is 0 Å². The van der Waals surface area contributed by atoms with Crippen LogP contribution in [0.15, 0.2) is 77.9 Å². The van der Waals surface area contributed by atoms with Crippen molar-refractivity contribution < 1.29 is 33.3 Å². The number of esters is 1. The van der Waals surface area contributed by atoms with Crippen LogP contribution in [0.3, 0.4) is 0 Å². The number of nitrogens with zero attached hydrogens (tertiary/aromatic N) is 4. The van der Waals surface area contributed by atoms with Gasteiger partial charge in [0.2, 0.25) is 5.91 Å². The minimum atomic E-state index is -1.14. The molecule has 0 bridgehead atoms. The molecule has 0 aromatic heterocycles. The largest absolute Gasteiger partial charge is 0.493 e. The van der Waals surface area contributed by atoms with E-state index in [2.05, 4.69) is 10.0 Å². The summed E-state index contributed by atoms with van der Waals surface area (Å²) in [7, 11) is 1.54. The molecule has 3 aromatic carbocycles. The van der Waals surface area contributed by atoms with E-state index in [1.165, 1.54) is 0 Å². The van der Waals surface area contributed by atoms with E-state index in [0.717, 1.165) is 16.0 Å². The van der Waals surface area contributed by atoms with Crippen molar-refractivity contribution in [3.63, 3.8) is 0 Å². The van der Waals surface area contributed by atoms with Gasteiger partial charge in [-0.15, -0.1) is 0 Å². The van der Waals surface area contributed by atoms with Gasteiger partial charge >= 0.3 is 12.1 Å². The Bertz CT molecular complexity index is 1510. The van der Waals surface area contributed by atoms with Gasteiger partial charge in [-0.2, -0.15) is 0 Å². The van der Waals surface area contributed by atoms with Gasteiger partial charge in [-0.25, -0.2) is 9.69 Å². The lowest BCUT2D eigenvalue weighted by Gasteiger charge is -2.23. The van der Waals surface area contributed by atoms with Crippen molar-refractivity contribution >= 4 is 18.0 Å². The van der Waals surface area contributed by atoms with Gasteiger partial charge in [0.05, 0.1) is 13.2 Å². The first-order valence-electron chi connectivity index (χ1n) is 14.3. The maximum absolute atomic E-state index is 13.4. The van der Waals surface area contributed by atoms with Crippen molar-refractivity contribution in [1.82, 2.24) is 4.90 Å². The molecule has 0 N–H and O–H groups in total. The molecule has 1 aliphatic heterocycles. The van der Waals surface area contributed by atoms with E-state index in [0.29, 0.717) is 35.7 Å². The molecule has 4 rings (SSSR count). The molecule has 0 radical (unpaired) electrons. The van der Waals surface area contributed by atoms with Crippen molar-refractivity contribution in [3.8, 4) is 17.2 Å². The number of amides is 2. The molecule has 11 heteroatoms. The zero-order valence-electron chi connectivity index (χ0n) is 25.3. The van der Waals surface area contributed by atoms with Crippen LogP contribution in [-0.2, 0) is 38.3 Å². The quantitative estimate of drug-likeness (QED) is 0.0990. The van der Waals surface area contributed by atoms with Gasteiger partial charge < -0.3 is 18.9 Å². The number of imide groups is 1. The molecular formula is C33H36N4O7.